The molecule has 0 aliphatic rings. The van der Waals surface area contributed by atoms with E-state index in [-0.39, 0.29) is 108 Å². The second-order valence-corrected chi connectivity index (χ2v) is 0. The van der Waals surface area contributed by atoms with Crippen molar-refractivity contribution in [1.29, 1.82) is 0 Å². The van der Waals surface area contributed by atoms with Crippen molar-refractivity contribution in [1.82, 2.24) is 0 Å². The van der Waals surface area contributed by atoms with E-state index in [0.717, 1.165) is 0 Å². The molecule has 0 bridgehead atoms. The molecular weight excluding hydrogens is 419 g/mol. The maximum Gasteiger partial charge on any atom is 0 e. The summed E-state index contributed by atoms with van der Waals surface area (Å²) in [5.41, 5.74) is 0. The molecule has 0 aromatic rings. The maximum absolute atomic E-state index is 0. The largest absolute Gasteiger partial charge is 0.153 e. The molecular formula is H3CuFeMoPSbV. The van der Waals surface area contributed by atoms with Gasteiger partial charge in [0, 0.05) is 98.2 Å². The van der Waals surface area contributed by atoms with E-state index in [1.807, 2.05) is 0 Å². The summed E-state index contributed by atoms with van der Waals surface area (Å²) in [4.78, 5) is 0. The number of hydrogen-bond donors (Lipinski definition) is 0. The Hall–Kier alpha value is 3.56. The van der Waals surface area contributed by atoms with E-state index < -0.39 is 0 Å². The SMILES string of the molecule is P.[Cu].[Fe].[Mo].[Sb].[V]. The topological polar surface area (TPSA) is 0 Å². The number of hydrogen-bond acceptors (Lipinski definition) is 0. The third-order valence-electron chi connectivity index (χ3n) is 0. The predicted molar refractivity (Wildman–Crippen MR) is 16.9 cm³/mol. The monoisotopic (exact) mass is 423 g/mol. The zero-order valence-corrected chi connectivity index (χ0v) is 12.1. The van der Waals surface area contributed by atoms with E-state index in [1.54, 1.807) is 0 Å². The fourth-order valence-corrected chi connectivity index (χ4v) is 0. The maximum atomic E-state index is 0. The molecule has 0 aromatic heterocycles. The van der Waals surface area contributed by atoms with Gasteiger partial charge in [0.25, 0.3) is 0 Å². The van der Waals surface area contributed by atoms with Crippen molar-refractivity contribution < 1.29 is 73.8 Å². The van der Waals surface area contributed by atoms with Gasteiger partial charge >= 0.3 is 0 Å². The van der Waals surface area contributed by atoms with Gasteiger partial charge in [0.05, 0.1) is 0 Å². The van der Waals surface area contributed by atoms with Crippen LogP contribution in [-0.2, 0) is 73.8 Å². The van der Waals surface area contributed by atoms with Crippen molar-refractivity contribution in [3.8, 4) is 0 Å². The van der Waals surface area contributed by atoms with Gasteiger partial charge < -0.3 is 0 Å². The molecule has 43 valence electrons. The smallest absolute Gasteiger partial charge is 0 e. The van der Waals surface area contributed by atoms with Crippen molar-refractivity contribution >= 4 is 34.3 Å². The summed E-state index contributed by atoms with van der Waals surface area (Å²) in [5.74, 6) is 0. The van der Waals surface area contributed by atoms with Gasteiger partial charge in [0.2, 0.25) is 0 Å². The summed E-state index contributed by atoms with van der Waals surface area (Å²) >= 11 is 0. The quantitative estimate of drug-likeness (QED) is 0.371. The molecule has 0 fully saturated rings. The summed E-state index contributed by atoms with van der Waals surface area (Å²) in [7, 11) is 0. The van der Waals surface area contributed by atoms with E-state index in [0.29, 0.717) is 0 Å². The second kappa shape index (κ2) is 38.6. The Balaban J connectivity index is 0. The molecule has 0 saturated carbocycles. The minimum absolute atomic E-state index is 0. The van der Waals surface area contributed by atoms with Gasteiger partial charge in [-0.15, -0.1) is 0 Å². The van der Waals surface area contributed by atoms with Crippen LogP contribution in [0, 0.1) is 0 Å². The summed E-state index contributed by atoms with van der Waals surface area (Å²) < 4.78 is 0. The van der Waals surface area contributed by atoms with Crippen LogP contribution in [0.4, 0.5) is 0 Å². The molecule has 0 aliphatic carbocycles. The van der Waals surface area contributed by atoms with Gasteiger partial charge in [-0.25, -0.2) is 0 Å². The van der Waals surface area contributed by atoms with Crippen molar-refractivity contribution in [3.63, 3.8) is 0 Å². The Kier molecular flexibility index (Phi) is 356. The first-order valence-electron chi connectivity index (χ1n) is 0. The first kappa shape index (κ1) is 55.3. The molecule has 0 nitrogen and oxygen atoms in total. The number of rotatable bonds is 0. The summed E-state index contributed by atoms with van der Waals surface area (Å²) in [5, 5.41) is 0. The Morgan fingerprint density at radius 1 is 1.00 bits per heavy atom. The third kappa shape index (κ3) is 25.7. The van der Waals surface area contributed by atoms with Crippen molar-refractivity contribution in [3.05, 3.63) is 0 Å². The third-order valence-corrected chi connectivity index (χ3v) is 0. The molecule has 1 atom stereocenters. The van der Waals surface area contributed by atoms with Crippen LogP contribution in [0.25, 0.3) is 0 Å². The summed E-state index contributed by atoms with van der Waals surface area (Å²) in [6, 6.07) is 0. The minimum atomic E-state index is 0. The summed E-state index contributed by atoms with van der Waals surface area (Å²) in [6.07, 6.45) is 0. The van der Waals surface area contributed by atoms with E-state index >= 15 is 0 Å². The van der Waals surface area contributed by atoms with Gasteiger partial charge in [-0.3, -0.25) is 0 Å². The van der Waals surface area contributed by atoms with Crippen LogP contribution in [0.5, 0.6) is 0 Å². The van der Waals surface area contributed by atoms with E-state index in [1.165, 1.54) is 0 Å². The molecule has 0 saturated heterocycles. The van der Waals surface area contributed by atoms with Crippen LogP contribution in [0.2, 0.25) is 0 Å². The van der Waals surface area contributed by atoms with Gasteiger partial charge in [0.1, 0.15) is 0 Å². The predicted octanol–water partition coefficient (Wildman–Crippen LogP) is -0.333. The summed E-state index contributed by atoms with van der Waals surface area (Å²) in [6.45, 7) is 0. The van der Waals surface area contributed by atoms with Gasteiger partial charge in [-0.1, -0.05) is 0 Å². The average molecular weight is 422 g/mol. The Labute approximate surface area is 106 Å². The van der Waals surface area contributed by atoms with Crippen LogP contribution in [0.3, 0.4) is 0 Å². The van der Waals surface area contributed by atoms with Crippen LogP contribution in [0.15, 0.2) is 0 Å². The molecule has 6 heavy (non-hydrogen) atoms. The van der Waals surface area contributed by atoms with Gasteiger partial charge in [0.15, 0.2) is 0 Å². The Bertz CT molecular complexity index is 15.5. The van der Waals surface area contributed by atoms with Gasteiger partial charge in [-0.2, -0.15) is 9.90 Å². The Morgan fingerprint density at radius 2 is 1.00 bits per heavy atom. The van der Waals surface area contributed by atoms with E-state index in [2.05, 4.69) is 0 Å². The zero-order chi connectivity index (χ0) is 0. The van der Waals surface area contributed by atoms with Crippen LogP contribution >= 0.6 is 9.90 Å². The van der Waals surface area contributed by atoms with Crippen molar-refractivity contribution in [2.45, 2.75) is 0 Å². The van der Waals surface area contributed by atoms with Crippen molar-refractivity contribution in [2.24, 2.45) is 0 Å². The standard InChI is InChI=1S/Cu.Fe.Mo.H3P.Sb.V/h;;;1H3;;. The molecule has 1 unspecified atom stereocenters. The first-order valence-corrected chi connectivity index (χ1v) is 0. The van der Waals surface area contributed by atoms with Gasteiger partial charge in [-0.05, 0) is 0 Å². The first-order chi connectivity index (χ1) is 0. The fourth-order valence-electron chi connectivity index (χ4n) is 0. The molecule has 6 heteroatoms. The van der Waals surface area contributed by atoms with Crippen molar-refractivity contribution in [2.75, 3.05) is 0 Å². The molecule has 0 aromatic carbocycles. The molecule has 0 heterocycles. The zero-order valence-electron chi connectivity index (χ0n) is 2.66. The molecule has 5 radical (unpaired) electrons. The minimum Gasteiger partial charge on any atom is -0.153 e. The molecule has 0 N–H and O–H groups in total. The Morgan fingerprint density at radius 3 is 1.00 bits per heavy atom. The average Bonchev–Trinajstić information content (AvgIpc) is 0. The van der Waals surface area contributed by atoms with E-state index in [4.69, 9.17) is 0 Å². The molecule has 0 amide bonds. The molecule has 0 rings (SSSR count). The van der Waals surface area contributed by atoms with Crippen LogP contribution in [-0.4, -0.2) is 24.4 Å². The normalized spacial score (nSPS) is 0. The van der Waals surface area contributed by atoms with E-state index in [9.17, 15) is 0 Å². The molecule has 0 aliphatic heterocycles. The fraction of sp³-hybridized carbons (Fsp3) is 0. The molecule has 0 spiro atoms. The second-order valence-electron chi connectivity index (χ2n) is 0. The van der Waals surface area contributed by atoms with Crippen LogP contribution in [0.1, 0.15) is 0 Å². The van der Waals surface area contributed by atoms with Crippen LogP contribution < -0.4 is 0 Å².